The number of rotatable bonds is 6. The van der Waals surface area contributed by atoms with Gasteiger partial charge in [-0.15, -0.1) is 5.10 Å². The number of carbonyl (C=O) groups excluding carboxylic acids is 1. The van der Waals surface area contributed by atoms with Crippen molar-refractivity contribution in [2.75, 3.05) is 13.7 Å². The summed E-state index contributed by atoms with van der Waals surface area (Å²) in [6.07, 6.45) is 0.741. The Morgan fingerprint density at radius 3 is 2.69 bits per heavy atom. The number of carbonyl (C=O) groups is 1. The van der Waals surface area contributed by atoms with Gasteiger partial charge < -0.3 is 4.74 Å². The number of ketones is 1. The summed E-state index contributed by atoms with van der Waals surface area (Å²) in [6, 6.07) is 0. The highest BCUT2D eigenvalue weighted by atomic mass is 32.1. The van der Waals surface area contributed by atoms with Crippen LogP contribution in [0, 0.1) is 5.92 Å². The van der Waals surface area contributed by atoms with Crippen LogP contribution in [0.3, 0.4) is 0 Å². The largest absolute Gasteiger partial charge is 0.385 e. The zero-order chi connectivity index (χ0) is 12.1. The van der Waals surface area contributed by atoms with Crippen LogP contribution < -0.4 is 0 Å². The van der Waals surface area contributed by atoms with Gasteiger partial charge in [0.15, 0.2) is 5.78 Å². The molecule has 0 bridgehead atoms. The normalized spacial score (nSPS) is 13.1. The van der Waals surface area contributed by atoms with Crippen LogP contribution >= 0.6 is 11.5 Å². The van der Waals surface area contributed by atoms with Crippen LogP contribution in [0.4, 0.5) is 0 Å². The van der Waals surface area contributed by atoms with E-state index in [0.717, 1.165) is 12.1 Å². The summed E-state index contributed by atoms with van der Waals surface area (Å²) >= 11 is 1.20. The maximum Gasteiger partial charge on any atom is 0.179 e. The monoisotopic (exact) mass is 242 g/mol. The number of hydrogen-bond donors (Lipinski definition) is 0. The first-order valence-corrected chi connectivity index (χ1v) is 6.20. The van der Waals surface area contributed by atoms with Crippen LogP contribution in [0.2, 0.25) is 0 Å². The van der Waals surface area contributed by atoms with E-state index in [1.165, 1.54) is 11.5 Å². The highest BCUT2D eigenvalue weighted by Gasteiger charge is 2.22. The Balaban J connectivity index is 2.75. The summed E-state index contributed by atoms with van der Waals surface area (Å²) in [5, 5.41) is 4.02. The van der Waals surface area contributed by atoms with E-state index in [2.05, 4.69) is 9.59 Å². The average molecular weight is 242 g/mol. The molecule has 4 nitrogen and oxygen atoms in total. The number of Topliss-reactive ketones (excluding diaryl/α,β-unsaturated/α-hetero) is 1. The molecule has 0 spiro atoms. The van der Waals surface area contributed by atoms with Gasteiger partial charge in [-0.05, 0) is 23.9 Å². The fraction of sp³-hybridized carbons (Fsp3) is 0.727. The van der Waals surface area contributed by atoms with E-state index in [1.54, 1.807) is 7.11 Å². The first kappa shape index (κ1) is 13.3. The molecular formula is C11H18N2O2S. The van der Waals surface area contributed by atoms with Crippen molar-refractivity contribution in [1.29, 1.82) is 0 Å². The molecule has 0 N–H and O–H groups in total. The molecule has 1 aromatic heterocycles. The minimum atomic E-state index is -0.0281. The van der Waals surface area contributed by atoms with Crippen molar-refractivity contribution in [2.24, 2.45) is 5.92 Å². The van der Waals surface area contributed by atoms with E-state index >= 15 is 0 Å². The predicted molar refractivity (Wildman–Crippen MR) is 64.0 cm³/mol. The zero-order valence-electron chi connectivity index (χ0n) is 10.2. The van der Waals surface area contributed by atoms with Crippen LogP contribution in [0.1, 0.15) is 48.5 Å². The number of nitrogens with zero attached hydrogens (tertiary/aromatic N) is 2. The lowest BCUT2D eigenvalue weighted by Crippen LogP contribution is -2.14. The molecule has 1 heterocycles. The second-order valence-electron chi connectivity index (χ2n) is 4.19. The molecule has 5 heteroatoms. The number of hydrogen-bond acceptors (Lipinski definition) is 5. The topological polar surface area (TPSA) is 52.1 Å². The molecule has 0 saturated heterocycles. The molecule has 0 aromatic carbocycles. The fourth-order valence-corrected chi connectivity index (χ4v) is 2.27. The van der Waals surface area contributed by atoms with Crippen molar-refractivity contribution in [3.63, 3.8) is 0 Å². The van der Waals surface area contributed by atoms with Crippen molar-refractivity contribution in [1.82, 2.24) is 9.59 Å². The quantitative estimate of drug-likeness (QED) is 0.719. The lowest BCUT2D eigenvalue weighted by atomic mass is 9.98. The third kappa shape index (κ3) is 3.09. The lowest BCUT2D eigenvalue weighted by Gasteiger charge is -2.09. The molecular weight excluding hydrogens is 224 g/mol. The lowest BCUT2D eigenvalue weighted by molar-refractivity contribution is 0.0896. The van der Waals surface area contributed by atoms with Gasteiger partial charge in [-0.3, -0.25) is 4.79 Å². The molecule has 1 aromatic rings. The Morgan fingerprint density at radius 1 is 1.44 bits per heavy atom. The SMILES string of the molecule is COCCC(C)C(=O)c1snnc1C(C)C. The molecule has 1 unspecified atom stereocenters. The van der Waals surface area contributed by atoms with E-state index in [0.29, 0.717) is 11.5 Å². The molecule has 0 aliphatic carbocycles. The van der Waals surface area contributed by atoms with Crippen molar-refractivity contribution in [3.05, 3.63) is 10.6 Å². The standard InChI is InChI=1S/C11H18N2O2S/c1-7(2)9-11(16-13-12-9)10(14)8(3)5-6-15-4/h7-8H,5-6H2,1-4H3. The van der Waals surface area contributed by atoms with E-state index < -0.39 is 0 Å². The summed E-state index contributed by atoms with van der Waals surface area (Å²) in [4.78, 5) is 12.8. The molecule has 0 fully saturated rings. The molecule has 0 saturated carbocycles. The number of ether oxygens (including phenoxy) is 1. The minimum absolute atomic E-state index is 0.0281. The van der Waals surface area contributed by atoms with Gasteiger partial charge in [0.25, 0.3) is 0 Å². The van der Waals surface area contributed by atoms with Gasteiger partial charge in [0.2, 0.25) is 0 Å². The van der Waals surface area contributed by atoms with E-state index in [4.69, 9.17) is 4.74 Å². The fourth-order valence-electron chi connectivity index (χ4n) is 1.40. The molecule has 0 amide bonds. The second-order valence-corrected chi connectivity index (χ2v) is 4.94. The van der Waals surface area contributed by atoms with Gasteiger partial charge in [0, 0.05) is 19.6 Å². The zero-order valence-corrected chi connectivity index (χ0v) is 11.0. The third-order valence-electron chi connectivity index (χ3n) is 2.49. The summed E-state index contributed by atoms with van der Waals surface area (Å²) in [5.41, 5.74) is 0.819. The summed E-state index contributed by atoms with van der Waals surface area (Å²) in [7, 11) is 1.64. The van der Waals surface area contributed by atoms with E-state index in [1.807, 2.05) is 20.8 Å². The summed E-state index contributed by atoms with van der Waals surface area (Å²) in [5.74, 6) is 0.350. The van der Waals surface area contributed by atoms with Gasteiger partial charge in [0.1, 0.15) is 4.88 Å². The summed E-state index contributed by atoms with van der Waals surface area (Å²) in [6.45, 7) is 6.57. The number of methoxy groups -OCH3 is 1. The Morgan fingerprint density at radius 2 is 2.12 bits per heavy atom. The maximum atomic E-state index is 12.1. The van der Waals surface area contributed by atoms with Crippen LogP contribution in [0.15, 0.2) is 0 Å². The molecule has 90 valence electrons. The van der Waals surface area contributed by atoms with Gasteiger partial charge >= 0.3 is 0 Å². The van der Waals surface area contributed by atoms with Gasteiger partial charge in [-0.1, -0.05) is 25.3 Å². The maximum absolute atomic E-state index is 12.1. The van der Waals surface area contributed by atoms with Gasteiger partial charge in [0.05, 0.1) is 5.69 Å². The first-order chi connectivity index (χ1) is 7.57. The minimum Gasteiger partial charge on any atom is -0.385 e. The second kappa shape index (κ2) is 6.06. The average Bonchev–Trinajstić information content (AvgIpc) is 2.73. The van der Waals surface area contributed by atoms with Crippen molar-refractivity contribution >= 4 is 17.3 Å². The Labute approximate surface area is 100 Å². The highest BCUT2D eigenvalue weighted by Crippen LogP contribution is 2.23. The predicted octanol–water partition coefficient (Wildman–Crippen LogP) is 2.52. The van der Waals surface area contributed by atoms with E-state index in [-0.39, 0.29) is 17.6 Å². The van der Waals surface area contributed by atoms with Gasteiger partial charge in [-0.25, -0.2) is 0 Å². The third-order valence-corrected chi connectivity index (χ3v) is 3.24. The smallest absolute Gasteiger partial charge is 0.179 e. The van der Waals surface area contributed by atoms with Crippen molar-refractivity contribution < 1.29 is 9.53 Å². The molecule has 0 radical (unpaired) electrons. The van der Waals surface area contributed by atoms with Crippen LogP contribution in [-0.2, 0) is 4.74 Å². The van der Waals surface area contributed by atoms with Crippen LogP contribution in [0.25, 0.3) is 0 Å². The summed E-state index contributed by atoms with van der Waals surface area (Å²) < 4.78 is 8.84. The highest BCUT2D eigenvalue weighted by molar-refractivity contribution is 7.08. The molecule has 16 heavy (non-hydrogen) atoms. The van der Waals surface area contributed by atoms with Crippen molar-refractivity contribution in [2.45, 2.75) is 33.1 Å². The van der Waals surface area contributed by atoms with Gasteiger partial charge in [-0.2, -0.15) is 0 Å². The Kier molecular flexibility index (Phi) is 5.02. The molecule has 1 rings (SSSR count). The Bertz CT molecular complexity index is 350. The molecule has 0 aliphatic rings. The van der Waals surface area contributed by atoms with Crippen LogP contribution in [0.5, 0.6) is 0 Å². The van der Waals surface area contributed by atoms with Crippen molar-refractivity contribution in [3.8, 4) is 0 Å². The molecule has 0 aliphatic heterocycles. The number of aromatic nitrogens is 2. The van der Waals surface area contributed by atoms with Crippen LogP contribution in [-0.4, -0.2) is 29.1 Å². The molecule has 1 atom stereocenters. The Hall–Kier alpha value is -0.810. The first-order valence-electron chi connectivity index (χ1n) is 5.43. The van der Waals surface area contributed by atoms with E-state index in [9.17, 15) is 4.79 Å².